The van der Waals surface area contributed by atoms with Gasteiger partial charge in [-0.1, -0.05) is 9.46 Å². The van der Waals surface area contributed by atoms with E-state index in [1.807, 2.05) is 45.2 Å². The fourth-order valence-electron chi connectivity index (χ4n) is 3.56. The number of aromatic hydroxyl groups is 4. The molecule has 36 heavy (non-hydrogen) atoms. The Morgan fingerprint density at radius 1 is 0.528 bits per heavy atom. The predicted molar refractivity (Wildman–Crippen MR) is 139 cm³/mol. The summed E-state index contributed by atoms with van der Waals surface area (Å²) in [7, 11) is -9.00. The summed E-state index contributed by atoms with van der Waals surface area (Å²) >= 11 is 3.95. The Morgan fingerprint density at radius 3 is 1.03 bits per heavy atom. The fourth-order valence-corrected chi connectivity index (χ4v) is 6.07. The van der Waals surface area contributed by atoms with Gasteiger partial charge < -0.3 is 20.4 Å². The van der Waals surface area contributed by atoms with E-state index in [1.54, 1.807) is 0 Å². The van der Waals surface area contributed by atoms with Crippen LogP contribution < -0.4 is 8.57 Å². The molecule has 0 fully saturated rings. The molecule has 2 aromatic heterocycles. The summed E-state index contributed by atoms with van der Waals surface area (Å²) in [6.07, 6.45) is 0. The zero-order chi connectivity index (χ0) is 26.2. The second-order valence-corrected chi connectivity index (χ2v) is 12.9. The van der Waals surface area contributed by atoms with E-state index in [1.165, 1.54) is 48.5 Å². The predicted octanol–water partition coefficient (Wildman–Crippen LogP) is 2.60. The monoisotopic (exact) mass is 758 g/mol. The van der Waals surface area contributed by atoms with Gasteiger partial charge >= 0.3 is 20.2 Å². The lowest BCUT2D eigenvalue weighted by atomic mass is 9.86. The molecule has 0 unspecified atom stereocenters. The molecule has 4 aromatic rings. The zero-order valence-corrected chi connectivity index (χ0v) is 23.3. The topological polar surface area (TPSA) is 178 Å². The molecule has 5 rings (SSSR count). The van der Waals surface area contributed by atoms with Crippen molar-refractivity contribution in [3.63, 3.8) is 0 Å². The molecule has 1 aliphatic rings. The molecule has 4 N–H and O–H groups in total. The molecular formula is C20H12I2N2O10S2. The number of fused-ring (bicyclic) bond motifs is 4. The number of hydrogen-bond acceptors (Lipinski definition) is 10. The SMILES string of the molecule is O=S(=O)(On1c(O)c2c(c1O)-c1c-2c(O)n(OS(=O)(=O)c2ccc(I)cc2)c1O)c1ccc(I)cc1. The molecule has 188 valence electrons. The maximum atomic E-state index is 12.6. The lowest BCUT2D eigenvalue weighted by Gasteiger charge is -2.13. The molecule has 0 radical (unpaired) electrons. The summed E-state index contributed by atoms with van der Waals surface area (Å²) in [5.74, 6) is -3.68. The van der Waals surface area contributed by atoms with Gasteiger partial charge in [0.1, 0.15) is 9.79 Å². The Labute approximate surface area is 230 Å². The van der Waals surface area contributed by atoms with Crippen molar-refractivity contribution in [2.45, 2.75) is 9.79 Å². The standard InChI is InChI=1S/C20H12I2N2O10S2/c21-9-1-5-11(6-2-9)35(29,30)33-23-17(25)13-14(18(23)26)16-15(13)19(27)24(20(16)28)34-36(31,32)12-7-3-10(22)4-8-12/h1-8,25-28H. The van der Waals surface area contributed by atoms with Crippen LogP contribution in [0.3, 0.4) is 0 Å². The number of aromatic nitrogens is 2. The van der Waals surface area contributed by atoms with E-state index in [9.17, 15) is 37.3 Å². The van der Waals surface area contributed by atoms with Crippen LogP contribution in [-0.4, -0.2) is 46.7 Å². The molecular weight excluding hydrogens is 746 g/mol. The second kappa shape index (κ2) is 8.35. The van der Waals surface area contributed by atoms with Gasteiger partial charge in [-0.25, -0.2) is 0 Å². The summed E-state index contributed by atoms with van der Waals surface area (Å²) in [6.45, 7) is 0. The molecule has 12 nitrogen and oxygen atoms in total. The van der Waals surface area contributed by atoms with Crippen molar-refractivity contribution in [2.24, 2.45) is 0 Å². The first-order valence-electron chi connectivity index (χ1n) is 9.58. The van der Waals surface area contributed by atoms with Gasteiger partial charge in [-0.2, -0.15) is 16.8 Å². The lowest BCUT2D eigenvalue weighted by molar-refractivity contribution is 0.201. The van der Waals surface area contributed by atoms with Gasteiger partial charge in [0.05, 0.1) is 22.3 Å². The highest BCUT2D eigenvalue weighted by molar-refractivity contribution is 14.1. The zero-order valence-electron chi connectivity index (χ0n) is 17.3. The number of nitrogens with zero attached hydrogens (tertiary/aromatic N) is 2. The maximum absolute atomic E-state index is 12.6. The minimum Gasteiger partial charge on any atom is -0.492 e. The van der Waals surface area contributed by atoms with E-state index in [-0.39, 0.29) is 41.5 Å². The van der Waals surface area contributed by atoms with Gasteiger partial charge in [0.15, 0.2) is 0 Å². The highest BCUT2D eigenvalue weighted by Gasteiger charge is 2.46. The number of hydrogen-bond donors (Lipinski definition) is 4. The third kappa shape index (κ3) is 3.73. The van der Waals surface area contributed by atoms with Gasteiger partial charge in [0.2, 0.25) is 23.5 Å². The van der Waals surface area contributed by atoms with Crippen LogP contribution in [0.4, 0.5) is 0 Å². The average Bonchev–Trinajstić information content (AvgIpc) is 3.10. The van der Waals surface area contributed by atoms with Crippen LogP contribution in [0.15, 0.2) is 58.3 Å². The third-order valence-corrected chi connectivity index (χ3v) is 9.04. The number of halogens is 2. The molecule has 0 atom stereocenters. The molecule has 0 saturated heterocycles. The molecule has 0 amide bonds. The largest absolute Gasteiger partial charge is 0.492 e. The number of benzene rings is 2. The van der Waals surface area contributed by atoms with E-state index in [4.69, 9.17) is 8.57 Å². The van der Waals surface area contributed by atoms with Crippen LogP contribution in [0, 0.1) is 7.14 Å². The molecule has 16 heteroatoms. The van der Waals surface area contributed by atoms with Crippen LogP contribution in [0.1, 0.15) is 0 Å². The molecule has 2 heterocycles. The van der Waals surface area contributed by atoms with Gasteiger partial charge in [-0.3, -0.25) is 8.57 Å². The summed E-state index contributed by atoms with van der Waals surface area (Å²) in [6, 6.07) is 11.1. The Balaban J connectivity index is 1.52. The second-order valence-electron chi connectivity index (χ2n) is 7.35. The van der Waals surface area contributed by atoms with E-state index >= 15 is 0 Å². The summed E-state index contributed by atoms with van der Waals surface area (Å²) < 4.78 is 62.1. The molecule has 0 spiro atoms. The normalized spacial score (nSPS) is 12.5. The first-order chi connectivity index (χ1) is 16.8. The van der Waals surface area contributed by atoms with Crippen molar-refractivity contribution in [3.05, 3.63) is 55.7 Å². The first-order valence-corrected chi connectivity index (χ1v) is 14.6. The van der Waals surface area contributed by atoms with Crippen molar-refractivity contribution in [1.29, 1.82) is 0 Å². The minimum atomic E-state index is -4.50. The van der Waals surface area contributed by atoms with Crippen LogP contribution in [0.25, 0.3) is 22.3 Å². The minimum absolute atomic E-state index is 0.213. The molecule has 0 aliphatic heterocycles. The van der Waals surface area contributed by atoms with Crippen molar-refractivity contribution in [2.75, 3.05) is 0 Å². The Bertz CT molecular complexity index is 1560. The van der Waals surface area contributed by atoms with Crippen molar-refractivity contribution in [3.8, 4) is 45.8 Å². The fraction of sp³-hybridized carbons (Fsp3) is 0. The maximum Gasteiger partial charge on any atom is 0.357 e. The Morgan fingerprint density at radius 2 is 0.778 bits per heavy atom. The summed E-state index contributed by atoms with van der Waals surface area (Å²) in [5.41, 5.74) is -1.16. The van der Waals surface area contributed by atoms with Crippen molar-refractivity contribution >= 4 is 65.4 Å². The van der Waals surface area contributed by atoms with Crippen LogP contribution in [0.5, 0.6) is 23.5 Å². The lowest BCUT2D eigenvalue weighted by Crippen LogP contribution is -2.20. The van der Waals surface area contributed by atoms with Crippen LogP contribution in [0.2, 0.25) is 0 Å². The molecule has 0 saturated carbocycles. The molecule has 1 aliphatic carbocycles. The van der Waals surface area contributed by atoms with Crippen molar-refractivity contribution in [1.82, 2.24) is 9.46 Å². The quantitative estimate of drug-likeness (QED) is 0.188. The van der Waals surface area contributed by atoms with E-state index in [2.05, 4.69) is 0 Å². The average molecular weight is 758 g/mol. The highest BCUT2D eigenvalue weighted by atomic mass is 127. The number of rotatable bonds is 6. The van der Waals surface area contributed by atoms with Crippen LogP contribution in [-0.2, 0) is 20.2 Å². The Hall–Kier alpha value is -2.84. The van der Waals surface area contributed by atoms with E-state index < -0.39 is 43.8 Å². The summed E-state index contributed by atoms with van der Waals surface area (Å²) in [4.78, 5) is -0.523. The van der Waals surface area contributed by atoms with Gasteiger partial charge in [-0.05, 0) is 93.7 Å². The van der Waals surface area contributed by atoms with E-state index in [0.29, 0.717) is 0 Å². The molecule has 2 aromatic carbocycles. The van der Waals surface area contributed by atoms with Crippen LogP contribution >= 0.6 is 45.2 Å². The van der Waals surface area contributed by atoms with E-state index in [0.717, 1.165) is 7.14 Å². The van der Waals surface area contributed by atoms with Gasteiger partial charge in [0, 0.05) is 7.14 Å². The van der Waals surface area contributed by atoms with Gasteiger partial charge in [0.25, 0.3) is 0 Å². The first kappa shape index (κ1) is 24.8. The highest BCUT2D eigenvalue weighted by Crippen LogP contribution is 2.64. The third-order valence-electron chi connectivity index (χ3n) is 5.21. The molecule has 0 bridgehead atoms. The van der Waals surface area contributed by atoms with Crippen molar-refractivity contribution < 1.29 is 45.8 Å². The Kier molecular flexibility index (Phi) is 5.76. The summed E-state index contributed by atoms with van der Waals surface area (Å²) in [5, 5.41) is 42.3. The van der Waals surface area contributed by atoms with Gasteiger partial charge in [-0.15, -0.1) is 0 Å². The smallest absolute Gasteiger partial charge is 0.357 e.